The lowest BCUT2D eigenvalue weighted by molar-refractivity contribution is 0.112. The number of phenols is 3. The first-order valence-electron chi connectivity index (χ1n) is 9.77. The lowest BCUT2D eigenvalue weighted by atomic mass is 9.99. The van der Waals surface area contributed by atoms with E-state index >= 15 is 0 Å². The van der Waals surface area contributed by atoms with E-state index in [1.165, 1.54) is 6.07 Å². The first-order chi connectivity index (χ1) is 14.2. The second-order valence-corrected chi connectivity index (χ2v) is 7.87. The molecule has 0 saturated carbocycles. The zero-order chi connectivity index (χ0) is 22.0. The summed E-state index contributed by atoms with van der Waals surface area (Å²) in [5.74, 6) is 0.0713. The maximum atomic E-state index is 11.9. The van der Waals surface area contributed by atoms with Crippen LogP contribution in [-0.4, -0.2) is 21.6 Å². The first kappa shape index (κ1) is 21.2. The summed E-state index contributed by atoms with van der Waals surface area (Å²) in [5, 5.41) is 31.6. The summed E-state index contributed by atoms with van der Waals surface area (Å²) >= 11 is 0. The number of aldehydes is 1. The maximum absolute atomic E-state index is 11.9. The molecule has 0 aliphatic carbocycles. The van der Waals surface area contributed by atoms with Gasteiger partial charge in [0.2, 0.25) is 0 Å². The Morgan fingerprint density at radius 2 is 1.57 bits per heavy atom. The van der Waals surface area contributed by atoms with Crippen molar-refractivity contribution in [1.82, 2.24) is 0 Å². The SMILES string of the molecule is CC(C)=CCc1cc(-c2oc3c(CC=C(C)C)c(O)ccc3c2C=O)c(O)cc1O. The highest BCUT2D eigenvalue weighted by molar-refractivity contribution is 6.04. The smallest absolute Gasteiger partial charge is 0.154 e. The molecule has 30 heavy (non-hydrogen) atoms. The van der Waals surface area contributed by atoms with Gasteiger partial charge in [0.15, 0.2) is 6.29 Å². The van der Waals surface area contributed by atoms with Crippen LogP contribution in [0.25, 0.3) is 22.3 Å². The Hall–Kier alpha value is -3.47. The van der Waals surface area contributed by atoms with Crippen LogP contribution in [-0.2, 0) is 12.8 Å². The van der Waals surface area contributed by atoms with E-state index in [-0.39, 0.29) is 28.6 Å². The summed E-state index contributed by atoms with van der Waals surface area (Å²) in [6.45, 7) is 7.85. The first-order valence-corrected chi connectivity index (χ1v) is 9.77. The Morgan fingerprint density at radius 1 is 0.900 bits per heavy atom. The molecule has 0 fully saturated rings. The van der Waals surface area contributed by atoms with Gasteiger partial charge in [-0.3, -0.25) is 4.79 Å². The Labute approximate surface area is 175 Å². The number of hydrogen-bond acceptors (Lipinski definition) is 5. The van der Waals surface area contributed by atoms with Crippen molar-refractivity contribution in [3.63, 3.8) is 0 Å². The molecule has 0 unspecified atom stereocenters. The van der Waals surface area contributed by atoms with Crippen LogP contribution in [0, 0.1) is 0 Å². The molecule has 5 nitrogen and oxygen atoms in total. The molecule has 1 aromatic heterocycles. The number of benzene rings is 2. The highest BCUT2D eigenvalue weighted by atomic mass is 16.3. The van der Waals surface area contributed by atoms with Crippen molar-refractivity contribution < 1.29 is 24.5 Å². The summed E-state index contributed by atoms with van der Waals surface area (Å²) in [6, 6.07) is 6.06. The highest BCUT2D eigenvalue weighted by Crippen LogP contribution is 2.42. The molecule has 1 heterocycles. The van der Waals surface area contributed by atoms with Crippen molar-refractivity contribution >= 4 is 17.3 Å². The van der Waals surface area contributed by atoms with E-state index in [1.54, 1.807) is 18.2 Å². The largest absolute Gasteiger partial charge is 0.508 e. The monoisotopic (exact) mass is 406 g/mol. The molecule has 156 valence electrons. The Balaban J connectivity index is 2.25. The number of phenolic OH excluding ortho intramolecular Hbond substituents is 3. The minimum absolute atomic E-state index is 0.0283. The van der Waals surface area contributed by atoms with Gasteiger partial charge < -0.3 is 19.7 Å². The van der Waals surface area contributed by atoms with E-state index in [2.05, 4.69) is 0 Å². The molecule has 0 saturated heterocycles. The van der Waals surface area contributed by atoms with Crippen LogP contribution in [0.1, 0.15) is 49.2 Å². The second kappa shape index (κ2) is 8.49. The molecule has 0 radical (unpaired) electrons. The topological polar surface area (TPSA) is 90.9 Å². The molecule has 3 aromatic rings. The molecule has 0 aliphatic rings. The van der Waals surface area contributed by atoms with E-state index < -0.39 is 0 Å². The molecular formula is C25H26O5. The van der Waals surface area contributed by atoms with Crippen LogP contribution < -0.4 is 0 Å². The Bertz CT molecular complexity index is 1170. The van der Waals surface area contributed by atoms with Crippen molar-refractivity contribution in [2.45, 2.75) is 40.5 Å². The number of carbonyl (C=O) groups excluding carboxylic acids is 1. The summed E-state index contributed by atoms with van der Waals surface area (Å²) in [6.07, 6.45) is 5.54. The fourth-order valence-electron chi connectivity index (χ4n) is 3.33. The summed E-state index contributed by atoms with van der Waals surface area (Å²) < 4.78 is 6.04. The van der Waals surface area contributed by atoms with E-state index in [0.29, 0.717) is 46.8 Å². The minimum atomic E-state index is -0.189. The third-order valence-corrected chi connectivity index (χ3v) is 4.98. The number of aromatic hydroxyl groups is 3. The number of rotatable bonds is 6. The van der Waals surface area contributed by atoms with Crippen LogP contribution >= 0.6 is 0 Å². The Morgan fingerprint density at radius 3 is 2.20 bits per heavy atom. The van der Waals surface area contributed by atoms with Gasteiger partial charge in [-0.05, 0) is 64.3 Å². The van der Waals surface area contributed by atoms with Gasteiger partial charge >= 0.3 is 0 Å². The van der Waals surface area contributed by atoms with Gasteiger partial charge in [0.05, 0.1) is 11.1 Å². The van der Waals surface area contributed by atoms with Gasteiger partial charge in [-0.1, -0.05) is 23.3 Å². The lowest BCUT2D eigenvalue weighted by Gasteiger charge is -2.08. The van der Waals surface area contributed by atoms with Crippen LogP contribution in [0.5, 0.6) is 17.2 Å². The molecule has 3 N–H and O–H groups in total. The van der Waals surface area contributed by atoms with Crippen LogP contribution in [0.3, 0.4) is 0 Å². The van der Waals surface area contributed by atoms with Gasteiger partial charge in [0.25, 0.3) is 0 Å². The normalized spacial score (nSPS) is 10.8. The number of hydrogen-bond donors (Lipinski definition) is 3. The summed E-state index contributed by atoms with van der Waals surface area (Å²) in [7, 11) is 0. The van der Waals surface area contributed by atoms with Crippen molar-refractivity contribution in [3.8, 4) is 28.6 Å². The lowest BCUT2D eigenvalue weighted by Crippen LogP contribution is -1.89. The van der Waals surface area contributed by atoms with Crippen LogP contribution in [0.4, 0.5) is 0 Å². The van der Waals surface area contributed by atoms with Crippen molar-refractivity contribution in [2.75, 3.05) is 0 Å². The van der Waals surface area contributed by atoms with E-state index in [0.717, 1.165) is 11.1 Å². The maximum Gasteiger partial charge on any atom is 0.154 e. The molecule has 3 rings (SSSR count). The zero-order valence-electron chi connectivity index (χ0n) is 17.6. The van der Waals surface area contributed by atoms with E-state index in [9.17, 15) is 20.1 Å². The molecular weight excluding hydrogens is 380 g/mol. The average molecular weight is 406 g/mol. The predicted molar refractivity (Wildman–Crippen MR) is 118 cm³/mol. The second-order valence-electron chi connectivity index (χ2n) is 7.87. The highest BCUT2D eigenvalue weighted by Gasteiger charge is 2.22. The minimum Gasteiger partial charge on any atom is -0.508 e. The molecule has 2 aromatic carbocycles. The van der Waals surface area contributed by atoms with Gasteiger partial charge in [-0.2, -0.15) is 0 Å². The van der Waals surface area contributed by atoms with Gasteiger partial charge in [-0.25, -0.2) is 0 Å². The fraction of sp³-hybridized carbons (Fsp3) is 0.240. The predicted octanol–water partition coefficient (Wildman–Crippen LogP) is 6.05. The van der Waals surface area contributed by atoms with Gasteiger partial charge in [-0.15, -0.1) is 0 Å². The molecule has 5 heteroatoms. The van der Waals surface area contributed by atoms with Crippen molar-refractivity contribution in [2.24, 2.45) is 0 Å². The molecule has 0 aliphatic heterocycles. The third-order valence-electron chi connectivity index (χ3n) is 4.98. The van der Waals surface area contributed by atoms with Crippen molar-refractivity contribution in [3.05, 3.63) is 64.3 Å². The number of fused-ring (bicyclic) bond motifs is 1. The number of carbonyl (C=O) groups is 1. The third kappa shape index (κ3) is 4.10. The zero-order valence-corrected chi connectivity index (χ0v) is 17.6. The molecule has 0 atom stereocenters. The average Bonchev–Trinajstić information content (AvgIpc) is 3.04. The van der Waals surface area contributed by atoms with Gasteiger partial charge in [0, 0.05) is 17.0 Å². The number of allylic oxidation sites excluding steroid dienone is 4. The fourth-order valence-corrected chi connectivity index (χ4v) is 3.33. The summed E-state index contributed by atoms with van der Waals surface area (Å²) in [5.41, 5.74) is 4.38. The molecule has 0 amide bonds. The van der Waals surface area contributed by atoms with E-state index in [4.69, 9.17) is 4.42 Å². The number of furan rings is 1. The van der Waals surface area contributed by atoms with Crippen LogP contribution in [0.2, 0.25) is 0 Å². The Kier molecular flexibility index (Phi) is 6.01. The summed E-state index contributed by atoms with van der Waals surface area (Å²) in [4.78, 5) is 11.9. The molecule has 0 spiro atoms. The van der Waals surface area contributed by atoms with Crippen LogP contribution in [0.15, 0.2) is 52.0 Å². The standard InChI is InChI=1S/C25H26O5/c1-14(2)5-7-16-11-19(23(29)12-22(16)28)25-20(13-26)17-9-10-21(27)18(24(17)30-25)8-6-15(3)4/h5-6,9-13,27-29H,7-8H2,1-4H3. The van der Waals surface area contributed by atoms with Crippen molar-refractivity contribution in [1.29, 1.82) is 0 Å². The molecule has 0 bridgehead atoms. The quantitative estimate of drug-likeness (QED) is 0.343. The van der Waals surface area contributed by atoms with Gasteiger partial charge in [0.1, 0.15) is 28.6 Å². The van der Waals surface area contributed by atoms with E-state index in [1.807, 2.05) is 39.8 Å².